The number of carboxylic acids is 1. The van der Waals surface area contributed by atoms with Gasteiger partial charge in [0, 0.05) is 5.56 Å². The number of aromatic amines is 1. The molecule has 6 nitrogen and oxygen atoms in total. The number of hydrogen-bond acceptors (Lipinski definition) is 3. The van der Waals surface area contributed by atoms with Crippen LogP contribution in [0.1, 0.15) is 10.5 Å². The number of anilines is 1. The summed E-state index contributed by atoms with van der Waals surface area (Å²) in [7, 11) is 0. The molecule has 2 aromatic rings. The Morgan fingerprint density at radius 2 is 2.06 bits per heavy atom. The third-order valence-corrected chi connectivity index (χ3v) is 2.16. The maximum atomic E-state index is 10.9. The fraction of sp³-hybridized carbons (Fsp3) is 0. The highest BCUT2D eigenvalue weighted by atomic mass is 16.4. The van der Waals surface area contributed by atoms with E-state index in [9.17, 15) is 9.59 Å². The second-order valence-electron chi connectivity index (χ2n) is 3.24. The summed E-state index contributed by atoms with van der Waals surface area (Å²) in [6.07, 6.45) is 0.386. The Bertz CT molecular complexity index is 548. The molecule has 1 heterocycles. The first-order valence-electron chi connectivity index (χ1n) is 4.81. The number of nitrogens with one attached hydrogen (secondary N) is 2. The number of rotatable bonds is 4. The van der Waals surface area contributed by atoms with Crippen molar-refractivity contribution in [3.05, 3.63) is 36.0 Å². The Balaban J connectivity index is 2.47. The molecule has 6 heteroatoms. The Morgan fingerprint density at radius 1 is 1.35 bits per heavy atom. The third-order valence-electron chi connectivity index (χ3n) is 2.16. The molecule has 0 spiro atoms. The van der Waals surface area contributed by atoms with Gasteiger partial charge in [0.2, 0.25) is 6.41 Å². The van der Waals surface area contributed by atoms with Gasteiger partial charge in [0.15, 0.2) is 11.5 Å². The molecule has 0 aliphatic rings. The predicted octanol–water partition coefficient (Wildman–Crippen LogP) is 1.34. The summed E-state index contributed by atoms with van der Waals surface area (Å²) >= 11 is 0. The average Bonchev–Trinajstić information content (AvgIpc) is 2.75. The van der Waals surface area contributed by atoms with Gasteiger partial charge >= 0.3 is 5.97 Å². The molecular weight excluding hydrogens is 222 g/mol. The number of H-pyrrole nitrogens is 1. The van der Waals surface area contributed by atoms with Gasteiger partial charge in [0.1, 0.15) is 5.82 Å². The molecule has 0 unspecified atom stereocenters. The van der Waals surface area contributed by atoms with Crippen molar-refractivity contribution in [3.8, 4) is 11.4 Å². The van der Waals surface area contributed by atoms with Crippen molar-refractivity contribution >= 4 is 18.2 Å². The second kappa shape index (κ2) is 4.48. The van der Waals surface area contributed by atoms with E-state index in [2.05, 4.69) is 15.3 Å². The first-order chi connectivity index (χ1) is 8.22. The number of carboxylic acid groups (broad SMARTS) is 1. The van der Waals surface area contributed by atoms with E-state index in [1.165, 1.54) is 0 Å². The number of carbonyl (C=O) groups is 2. The van der Waals surface area contributed by atoms with Gasteiger partial charge in [-0.05, 0) is 0 Å². The molecule has 1 aromatic heterocycles. The fourth-order valence-electron chi connectivity index (χ4n) is 1.42. The van der Waals surface area contributed by atoms with Gasteiger partial charge in [0.25, 0.3) is 0 Å². The first-order valence-corrected chi connectivity index (χ1v) is 4.81. The number of imidazole rings is 1. The van der Waals surface area contributed by atoms with Crippen LogP contribution in [0.4, 0.5) is 5.82 Å². The zero-order chi connectivity index (χ0) is 12.3. The van der Waals surface area contributed by atoms with Crippen LogP contribution in [0.15, 0.2) is 30.3 Å². The van der Waals surface area contributed by atoms with E-state index < -0.39 is 5.97 Å². The number of benzene rings is 1. The molecule has 0 atom stereocenters. The molecule has 0 fully saturated rings. The summed E-state index contributed by atoms with van der Waals surface area (Å²) in [6, 6.07) is 9.04. The van der Waals surface area contributed by atoms with E-state index in [1.54, 1.807) is 12.1 Å². The van der Waals surface area contributed by atoms with Gasteiger partial charge in [-0.25, -0.2) is 9.78 Å². The second-order valence-corrected chi connectivity index (χ2v) is 3.24. The van der Waals surface area contributed by atoms with Crippen LogP contribution in [-0.2, 0) is 4.79 Å². The lowest BCUT2D eigenvalue weighted by atomic mass is 10.2. The van der Waals surface area contributed by atoms with E-state index in [4.69, 9.17) is 5.11 Å². The summed E-state index contributed by atoms with van der Waals surface area (Å²) in [5.41, 5.74) is 0.602. The molecule has 2 rings (SSSR count). The molecule has 0 aliphatic carbocycles. The summed E-state index contributed by atoms with van der Waals surface area (Å²) in [4.78, 5) is 27.9. The lowest BCUT2D eigenvalue weighted by Crippen LogP contribution is -2.03. The van der Waals surface area contributed by atoms with Crippen molar-refractivity contribution in [2.24, 2.45) is 0 Å². The monoisotopic (exact) mass is 231 g/mol. The van der Waals surface area contributed by atoms with Crippen LogP contribution in [0.25, 0.3) is 11.4 Å². The molecule has 0 saturated carbocycles. The van der Waals surface area contributed by atoms with Crippen LogP contribution in [0.5, 0.6) is 0 Å². The smallest absolute Gasteiger partial charge is 0.356 e. The van der Waals surface area contributed by atoms with Crippen LogP contribution in [0.2, 0.25) is 0 Å². The standard InChI is InChI=1S/C11H9N3O3/c15-6-12-10-8(11(16)17)13-9(14-10)7-4-2-1-3-5-7/h1-6H,(H,12,15)(H,13,14)(H,16,17). The Kier molecular flexibility index (Phi) is 2.87. The van der Waals surface area contributed by atoms with Crippen LogP contribution in [0, 0.1) is 0 Å². The van der Waals surface area contributed by atoms with Gasteiger partial charge < -0.3 is 15.4 Å². The van der Waals surface area contributed by atoms with Crippen molar-refractivity contribution in [2.45, 2.75) is 0 Å². The summed E-state index contributed by atoms with van der Waals surface area (Å²) in [5.74, 6) is -0.775. The Labute approximate surface area is 96.3 Å². The lowest BCUT2D eigenvalue weighted by Gasteiger charge is -1.93. The quantitative estimate of drug-likeness (QED) is 0.692. The molecule has 1 aromatic carbocycles. The average molecular weight is 231 g/mol. The van der Waals surface area contributed by atoms with Gasteiger partial charge in [0.05, 0.1) is 0 Å². The predicted molar refractivity (Wildman–Crippen MR) is 60.7 cm³/mol. The molecule has 0 bridgehead atoms. The van der Waals surface area contributed by atoms with E-state index >= 15 is 0 Å². The van der Waals surface area contributed by atoms with Crippen molar-refractivity contribution in [1.29, 1.82) is 0 Å². The fourth-order valence-corrected chi connectivity index (χ4v) is 1.42. The number of amides is 1. The van der Waals surface area contributed by atoms with Gasteiger partial charge in [-0.2, -0.15) is 0 Å². The summed E-state index contributed by atoms with van der Waals surface area (Å²) in [5, 5.41) is 11.2. The SMILES string of the molecule is O=CNc1nc(-c2ccccc2)[nH]c1C(=O)O. The number of aromatic nitrogens is 2. The minimum Gasteiger partial charge on any atom is -0.476 e. The molecule has 1 amide bonds. The van der Waals surface area contributed by atoms with Crippen molar-refractivity contribution in [1.82, 2.24) is 9.97 Å². The van der Waals surface area contributed by atoms with E-state index in [1.807, 2.05) is 18.2 Å². The highest BCUT2D eigenvalue weighted by Gasteiger charge is 2.16. The zero-order valence-corrected chi connectivity index (χ0v) is 8.68. The van der Waals surface area contributed by atoms with E-state index in [0.29, 0.717) is 12.2 Å². The molecule has 17 heavy (non-hydrogen) atoms. The van der Waals surface area contributed by atoms with Crippen molar-refractivity contribution < 1.29 is 14.7 Å². The first kappa shape index (κ1) is 10.9. The molecule has 86 valence electrons. The number of hydrogen-bond donors (Lipinski definition) is 3. The molecule has 0 aliphatic heterocycles. The summed E-state index contributed by atoms with van der Waals surface area (Å²) in [6.45, 7) is 0. The van der Waals surface area contributed by atoms with Gasteiger partial charge in [-0.1, -0.05) is 30.3 Å². The normalized spacial score (nSPS) is 9.88. The molecule has 0 saturated heterocycles. The highest BCUT2D eigenvalue weighted by Crippen LogP contribution is 2.20. The van der Waals surface area contributed by atoms with E-state index in [0.717, 1.165) is 5.56 Å². The Hall–Kier alpha value is -2.63. The van der Waals surface area contributed by atoms with Crippen molar-refractivity contribution in [3.63, 3.8) is 0 Å². The Morgan fingerprint density at radius 3 is 2.65 bits per heavy atom. The minimum atomic E-state index is -1.18. The van der Waals surface area contributed by atoms with Crippen LogP contribution in [-0.4, -0.2) is 27.5 Å². The lowest BCUT2D eigenvalue weighted by molar-refractivity contribution is -0.105. The van der Waals surface area contributed by atoms with Crippen LogP contribution < -0.4 is 5.32 Å². The van der Waals surface area contributed by atoms with E-state index in [-0.39, 0.29) is 11.5 Å². The molecule has 3 N–H and O–H groups in total. The third kappa shape index (κ3) is 2.15. The maximum Gasteiger partial charge on any atom is 0.356 e. The van der Waals surface area contributed by atoms with Crippen LogP contribution in [0.3, 0.4) is 0 Å². The molecule has 0 radical (unpaired) electrons. The highest BCUT2D eigenvalue weighted by molar-refractivity contribution is 5.94. The maximum absolute atomic E-state index is 10.9. The number of aromatic carboxylic acids is 1. The zero-order valence-electron chi connectivity index (χ0n) is 8.68. The van der Waals surface area contributed by atoms with Crippen molar-refractivity contribution in [2.75, 3.05) is 5.32 Å². The molecular formula is C11H9N3O3. The van der Waals surface area contributed by atoms with Gasteiger partial charge in [-0.15, -0.1) is 0 Å². The van der Waals surface area contributed by atoms with Crippen LogP contribution >= 0.6 is 0 Å². The largest absolute Gasteiger partial charge is 0.476 e. The van der Waals surface area contributed by atoms with Gasteiger partial charge in [-0.3, -0.25) is 4.79 Å². The summed E-state index contributed by atoms with van der Waals surface area (Å²) < 4.78 is 0. The topological polar surface area (TPSA) is 95.1 Å². The minimum absolute atomic E-state index is 0.00588. The number of nitrogens with zero attached hydrogens (tertiary/aromatic N) is 1. The number of carbonyl (C=O) groups excluding carboxylic acids is 1.